The molecular weight excluding hydrogens is 257 g/mol. The third-order valence-electron chi connectivity index (χ3n) is 3.15. The standard InChI is InChI=1S/C16H18FNO2/c1-11-5-3-6-12(9-18)16(11)20-10-13-7-4-8-14(19-2)15(13)17/h3-8H,9-10,18H2,1-2H3. The van der Waals surface area contributed by atoms with E-state index in [9.17, 15) is 4.39 Å². The summed E-state index contributed by atoms with van der Waals surface area (Å²) in [5.74, 6) is 0.546. The van der Waals surface area contributed by atoms with E-state index in [1.165, 1.54) is 7.11 Å². The minimum Gasteiger partial charge on any atom is -0.494 e. The molecule has 0 aliphatic heterocycles. The van der Waals surface area contributed by atoms with Gasteiger partial charge in [0, 0.05) is 17.7 Å². The van der Waals surface area contributed by atoms with E-state index in [0.29, 0.717) is 12.1 Å². The van der Waals surface area contributed by atoms with Gasteiger partial charge >= 0.3 is 0 Å². The number of hydrogen-bond acceptors (Lipinski definition) is 3. The van der Waals surface area contributed by atoms with Crippen molar-refractivity contribution in [2.45, 2.75) is 20.1 Å². The van der Waals surface area contributed by atoms with Gasteiger partial charge in [0.05, 0.1) is 7.11 Å². The van der Waals surface area contributed by atoms with Crippen LogP contribution in [0.2, 0.25) is 0 Å². The molecule has 0 spiro atoms. The first-order valence-electron chi connectivity index (χ1n) is 6.40. The molecule has 0 heterocycles. The molecule has 0 saturated heterocycles. The molecule has 2 aromatic rings. The molecular formula is C16H18FNO2. The normalized spacial score (nSPS) is 10.4. The fraction of sp³-hybridized carbons (Fsp3) is 0.250. The summed E-state index contributed by atoms with van der Waals surface area (Å²) < 4.78 is 24.7. The number of hydrogen-bond donors (Lipinski definition) is 1. The highest BCUT2D eigenvalue weighted by Crippen LogP contribution is 2.26. The van der Waals surface area contributed by atoms with Crippen LogP contribution in [0, 0.1) is 12.7 Å². The van der Waals surface area contributed by atoms with E-state index in [1.807, 2.05) is 25.1 Å². The quantitative estimate of drug-likeness (QED) is 0.911. The highest BCUT2D eigenvalue weighted by molar-refractivity contribution is 5.41. The van der Waals surface area contributed by atoms with E-state index in [2.05, 4.69) is 0 Å². The van der Waals surface area contributed by atoms with Crippen LogP contribution in [0.25, 0.3) is 0 Å². The van der Waals surface area contributed by atoms with Gasteiger partial charge in [0.1, 0.15) is 12.4 Å². The maximum absolute atomic E-state index is 14.0. The Hall–Kier alpha value is -2.07. The Kier molecular flexibility index (Phi) is 4.58. The van der Waals surface area contributed by atoms with E-state index in [0.717, 1.165) is 16.9 Å². The zero-order valence-corrected chi connectivity index (χ0v) is 11.7. The summed E-state index contributed by atoms with van der Waals surface area (Å²) in [4.78, 5) is 0. The van der Waals surface area contributed by atoms with Crippen LogP contribution in [0.5, 0.6) is 11.5 Å². The molecule has 0 fully saturated rings. The van der Waals surface area contributed by atoms with Crippen LogP contribution in [-0.4, -0.2) is 7.11 Å². The Morgan fingerprint density at radius 2 is 1.80 bits per heavy atom. The molecule has 2 aromatic carbocycles. The van der Waals surface area contributed by atoms with Crippen molar-refractivity contribution in [2.75, 3.05) is 7.11 Å². The average molecular weight is 275 g/mol. The van der Waals surface area contributed by atoms with Gasteiger partial charge in [-0.05, 0) is 18.6 Å². The van der Waals surface area contributed by atoms with Crippen LogP contribution in [0.1, 0.15) is 16.7 Å². The van der Waals surface area contributed by atoms with Crippen molar-refractivity contribution in [1.82, 2.24) is 0 Å². The number of halogens is 1. The predicted octanol–water partition coefficient (Wildman–Crippen LogP) is 3.18. The van der Waals surface area contributed by atoms with Crippen molar-refractivity contribution in [3.63, 3.8) is 0 Å². The number of nitrogens with two attached hydrogens (primary N) is 1. The molecule has 0 aliphatic carbocycles. The molecule has 0 unspecified atom stereocenters. The first kappa shape index (κ1) is 14.3. The number of benzene rings is 2. The van der Waals surface area contributed by atoms with E-state index >= 15 is 0 Å². The summed E-state index contributed by atoms with van der Waals surface area (Å²) in [6.45, 7) is 2.47. The van der Waals surface area contributed by atoms with Gasteiger partial charge < -0.3 is 15.2 Å². The van der Waals surface area contributed by atoms with Gasteiger partial charge in [0.25, 0.3) is 0 Å². The lowest BCUT2D eigenvalue weighted by Crippen LogP contribution is -2.05. The van der Waals surface area contributed by atoms with Crippen LogP contribution >= 0.6 is 0 Å². The van der Waals surface area contributed by atoms with Gasteiger partial charge in [-0.1, -0.05) is 30.3 Å². The van der Waals surface area contributed by atoms with Crippen molar-refractivity contribution in [2.24, 2.45) is 5.73 Å². The number of para-hydroxylation sites is 1. The molecule has 106 valence electrons. The first-order chi connectivity index (χ1) is 9.67. The lowest BCUT2D eigenvalue weighted by atomic mass is 10.1. The van der Waals surface area contributed by atoms with Gasteiger partial charge in [-0.3, -0.25) is 0 Å². The second kappa shape index (κ2) is 6.39. The summed E-state index contributed by atoms with van der Waals surface area (Å²) in [6, 6.07) is 10.8. The highest BCUT2D eigenvalue weighted by Gasteiger charge is 2.11. The van der Waals surface area contributed by atoms with Crippen molar-refractivity contribution in [3.8, 4) is 11.5 Å². The minimum atomic E-state index is -0.391. The zero-order valence-electron chi connectivity index (χ0n) is 11.7. The van der Waals surface area contributed by atoms with Crippen molar-refractivity contribution >= 4 is 0 Å². The minimum absolute atomic E-state index is 0.140. The maximum Gasteiger partial charge on any atom is 0.171 e. The second-order valence-corrected chi connectivity index (χ2v) is 4.49. The molecule has 0 radical (unpaired) electrons. The Morgan fingerprint density at radius 3 is 2.50 bits per heavy atom. The second-order valence-electron chi connectivity index (χ2n) is 4.49. The lowest BCUT2D eigenvalue weighted by molar-refractivity contribution is 0.291. The van der Waals surface area contributed by atoms with Gasteiger partial charge in [0.15, 0.2) is 11.6 Å². The molecule has 0 bridgehead atoms. The Balaban J connectivity index is 2.21. The van der Waals surface area contributed by atoms with E-state index in [1.54, 1.807) is 18.2 Å². The van der Waals surface area contributed by atoms with E-state index < -0.39 is 5.82 Å². The number of rotatable bonds is 5. The van der Waals surface area contributed by atoms with E-state index in [4.69, 9.17) is 15.2 Å². The van der Waals surface area contributed by atoms with Crippen molar-refractivity contribution in [1.29, 1.82) is 0 Å². The topological polar surface area (TPSA) is 44.5 Å². The predicted molar refractivity (Wildman–Crippen MR) is 76.4 cm³/mol. The smallest absolute Gasteiger partial charge is 0.171 e. The fourth-order valence-electron chi connectivity index (χ4n) is 2.06. The maximum atomic E-state index is 14.0. The molecule has 0 amide bonds. The summed E-state index contributed by atoms with van der Waals surface area (Å²) >= 11 is 0. The molecule has 0 atom stereocenters. The van der Waals surface area contributed by atoms with Gasteiger partial charge in [-0.25, -0.2) is 4.39 Å². The third kappa shape index (κ3) is 2.91. The van der Waals surface area contributed by atoms with Crippen molar-refractivity contribution in [3.05, 3.63) is 58.9 Å². The summed E-state index contributed by atoms with van der Waals surface area (Å²) in [6.07, 6.45) is 0. The molecule has 0 aromatic heterocycles. The van der Waals surface area contributed by atoms with Gasteiger partial charge in [-0.15, -0.1) is 0 Å². The van der Waals surface area contributed by atoms with Gasteiger partial charge in [-0.2, -0.15) is 0 Å². The van der Waals surface area contributed by atoms with Crippen LogP contribution in [0.3, 0.4) is 0 Å². The monoisotopic (exact) mass is 275 g/mol. The molecule has 2 N–H and O–H groups in total. The third-order valence-corrected chi connectivity index (χ3v) is 3.15. The highest BCUT2D eigenvalue weighted by atomic mass is 19.1. The number of methoxy groups -OCH3 is 1. The summed E-state index contributed by atoms with van der Waals surface area (Å²) in [7, 11) is 1.44. The molecule has 3 nitrogen and oxygen atoms in total. The first-order valence-corrected chi connectivity index (χ1v) is 6.40. The Morgan fingerprint density at radius 1 is 1.10 bits per heavy atom. The number of aryl methyl sites for hydroxylation is 1. The van der Waals surface area contributed by atoms with Crippen LogP contribution in [0.15, 0.2) is 36.4 Å². The summed E-state index contributed by atoms with van der Waals surface area (Å²) in [5.41, 5.74) is 8.04. The largest absolute Gasteiger partial charge is 0.494 e. The Bertz CT molecular complexity index is 599. The molecule has 0 aliphatic rings. The molecule has 20 heavy (non-hydrogen) atoms. The zero-order chi connectivity index (χ0) is 14.5. The lowest BCUT2D eigenvalue weighted by Gasteiger charge is -2.14. The summed E-state index contributed by atoms with van der Waals surface area (Å²) in [5, 5.41) is 0. The Labute approximate surface area is 118 Å². The van der Waals surface area contributed by atoms with Crippen LogP contribution in [-0.2, 0) is 13.2 Å². The molecule has 2 rings (SSSR count). The van der Waals surface area contributed by atoms with Crippen LogP contribution < -0.4 is 15.2 Å². The fourth-order valence-corrected chi connectivity index (χ4v) is 2.06. The average Bonchev–Trinajstić information content (AvgIpc) is 2.47. The van der Waals surface area contributed by atoms with Crippen LogP contribution in [0.4, 0.5) is 4.39 Å². The van der Waals surface area contributed by atoms with Crippen molar-refractivity contribution < 1.29 is 13.9 Å². The van der Waals surface area contributed by atoms with E-state index in [-0.39, 0.29) is 12.4 Å². The number of ether oxygens (including phenoxy) is 2. The molecule has 0 saturated carbocycles. The van der Waals surface area contributed by atoms with Gasteiger partial charge in [0.2, 0.25) is 0 Å². The molecule has 4 heteroatoms. The SMILES string of the molecule is COc1cccc(COc2c(C)cccc2CN)c1F.